The highest BCUT2D eigenvalue weighted by atomic mass is 79.9. The summed E-state index contributed by atoms with van der Waals surface area (Å²) in [6.07, 6.45) is 0. The van der Waals surface area contributed by atoms with E-state index < -0.39 is 0 Å². The predicted molar refractivity (Wildman–Crippen MR) is 88.9 cm³/mol. The number of hydrogen-bond acceptors (Lipinski definition) is 3. The Morgan fingerprint density at radius 3 is 2.48 bits per heavy atom. The Balaban J connectivity index is 2.06. The number of fused-ring (bicyclic) bond motifs is 1. The molecule has 0 unspecified atom stereocenters. The monoisotopic (exact) mass is 360 g/mol. The zero-order valence-electron chi connectivity index (χ0n) is 10.8. The summed E-state index contributed by atoms with van der Waals surface area (Å²) in [7, 11) is 0. The van der Waals surface area contributed by atoms with Gasteiger partial charge in [0.05, 0.1) is 10.2 Å². The average molecular weight is 362 g/mol. The molecule has 0 fully saturated rings. The van der Waals surface area contributed by atoms with Gasteiger partial charge in [0.25, 0.3) is 0 Å². The van der Waals surface area contributed by atoms with Crippen molar-refractivity contribution in [2.75, 3.05) is 0 Å². The number of rotatable bonds is 2. The fourth-order valence-corrected chi connectivity index (χ4v) is 2.83. The zero-order chi connectivity index (χ0) is 14.8. The van der Waals surface area contributed by atoms with Crippen molar-refractivity contribution in [1.29, 1.82) is 0 Å². The van der Waals surface area contributed by atoms with Crippen molar-refractivity contribution >= 4 is 49.7 Å². The average Bonchev–Trinajstić information content (AvgIpc) is 2.49. The molecule has 0 atom stereocenters. The van der Waals surface area contributed by atoms with Crippen LogP contribution in [0, 0.1) is 0 Å². The van der Waals surface area contributed by atoms with E-state index in [1.54, 1.807) is 12.1 Å². The highest BCUT2D eigenvalue weighted by Gasteiger charge is 2.07. The standard InChI is InChI=1S/C16H10BrClN2O/c17-13-8-11(18)9-15(16(13)21)20-19-14-7-3-5-10-4-1-2-6-12(10)14/h1-9,21H. The molecule has 5 heteroatoms. The first kappa shape index (κ1) is 14.0. The molecule has 21 heavy (non-hydrogen) atoms. The van der Waals surface area contributed by atoms with Crippen LogP contribution >= 0.6 is 27.5 Å². The lowest BCUT2D eigenvalue weighted by Gasteiger charge is -2.03. The number of nitrogens with zero attached hydrogens (tertiary/aromatic N) is 2. The van der Waals surface area contributed by atoms with Gasteiger partial charge in [0, 0.05) is 10.4 Å². The van der Waals surface area contributed by atoms with E-state index in [2.05, 4.69) is 26.2 Å². The highest BCUT2D eigenvalue weighted by molar-refractivity contribution is 9.10. The molecule has 0 spiro atoms. The van der Waals surface area contributed by atoms with Crippen LogP contribution in [0.25, 0.3) is 10.8 Å². The van der Waals surface area contributed by atoms with Crippen molar-refractivity contribution in [2.45, 2.75) is 0 Å². The fraction of sp³-hybridized carbons (Fsp3) is 0. The largest absolute Gasteiger partial charge is 0.505 e. The summed E-state index contributed by atoms with van der Waals surface area (Å²) >= 11 is 9.18. The second-order valence-electron chi connectivity index (χ2n) is 4.45. The summed E-state index contributed by atoms with van der Waals surface area (Å²) in [6.45, 7) is 0. The van der Waals surface area contributed by atoms with Crippen LogP contribution in [-0.2, 0) is 0 Å². The number of phenols is 1. The lowest BCUT2D eigenvalue weighted by Crippen LogP contribution is -1.74. The molecule has 0 bridgehead atoms. The molecule has 0 aliphatic rings. The summed E-state index contributed by atoms with van der Waals surface area (Å²) in [5, 5.41) is 20.9. The Morgan fingerprint density at radius 1 is 0.905 bits per heavy atom. The Hall–Kier alpha value is -1.91. The maximum absolute atomic E-state index is 9.95. The fourth-order valence-electron chi connectivity index (χ4n) is 2.03. The normalized spacial score (nSPS) is 11.3. The van der Waals surface area contributed by atoms with Gasteiger partial charge < -0.3 is 5.11 Å². The van der Waals surface area contributed by atoms with Crippen LogP contribution in [0.4, 0.5) is 11.4 Å². The molecule has 0 amide bonds. The first-order valence-electron chi connectivity index (χ1n) is 6.22. The van der Waals surface area contributed by atoms with Gasteiger partial charge in [-0.2, -0.15) is 0 Å². The van der Waals surface area contributed by atoms with E-state index in [9.17, 15) is 5.11 Å². The van der Waals surface area contributed by atoms with E-state index in [0.29, 0.717) is 15.2 Å². The molecule has 1 N–H and O–H groups in total. The number of hydrogen-bond donors (Lipinski definition) is 1. The van der Waals surface area contributed by atoms with Crippen LogP contribution in [0.2, 0.25) is 5.02 Å². The van der Waals surface area contributed by atoms with Gasteiger partial charge in [-0.15, -0.1) is 10.2 Å². The third-order valence-electron chi connectivity index (χ3n) is 3.04. The second kappa shape index (κ2) is 5.84. The molecular formula is C16H10BrClN2O. The van der Waals surface area contributed by atoms with Crippen molar-refractivity contribution < 1.29 is 5.11 Å². The van der Waals surface area contributed by atoms with Crippen LogP contribution in [0.5, 0.6) is 5.75 Å². The molecule has 0 saturated carbocycles. The Kier molecular flexibility index (Phi) is 3.90. The molecule has 0 aliphatic heterocycles. The van der Waals surface area contributed by atoms with E-state index >= 15 is 0 Å². The van der Waals surface area contributed by atoms with Crippen LogP contribution in [0.1, 0.15) is 0 Å². The van der Waals surface area contributed by atoms with Gasteiger partial charge in [-0.1, -0.05) is 48.0 Å². The number of benzene rings is 3. The van der Waals surface area contributed by atoms with E-state index in [-0.39, 0.29) is 5.75 Å². The number of azo groups is 1. The Morgan fingerprint density at radius 2 is 1.62 bits per heavy atom. The smallest absolute Gasteiger partial charge is 0.157 e. The summed E-state index contributed by atoms with van der Waals surface area (Å²) < 4.78 is 0.488. The minimum atomic E-state index is 0.0170. The maximum Gasteiger partial charge on any atom is 0.157 e. The van der Waals surface area contributed by atoms with Crippen molar-refractivity contribution in [2.24, 2.45) is 10.2 Å². The summed E-state index contributed by atoms with van der Waals surface area (Å²) in [5.41, 5.74) is 1.06. The van der Waals surface area contributed by atoms with Crippen LogP contribution in [-0.4, -0.2) is 5.11 Å². The minimum Gasteiger partial charge on any atom is -0.505 e. The topological polar surface area (TPSA) is 45.0 Å². The van der Waals surface area contributed by atoms with Crippen molar-refractivity contribution in [3.05, 3.63) is 64.1 Å². The molecule has 0 aromatic heterocycles. The zero-order valence-corrected chi connectivity index (χ0v) is 13.1. The first-order chi connectivity index (χ1) is 10.1. The van der Waals surface area contributed by atoms with E-state index in [1.807, 2.05) is 42.5 Å². The van der Waals surface area contributed by atoms with Gasteiger partial charge in [-0.3, -0.25) is 0 Å². The molecule has 3 aromatic rings. The summed E-state index contributed by atoms with van der Waals surface area (Å²) in [6, 6.07) is 16.9. The molecule has 3 nitrogen and oxygen atoms in total. The SMILES string of the molecule is Oc1c(Br)cc(Cl)cc1N=Nc1cccc2ccccc12. The Labute approximate surface area is 135 Å². The van der Waals surface area contributed by atoms with Crippen molar-refractivity contribution in [3.63, 3.8) is 0 Å². The minimum absolute atomic E-state index is 0.0170. The first-order valence-corrected chi connectivity index (χ1v) is 7.40. The van der Waals surface area contributed by atoms with Gasteiger partial charge in [-0.05, 0) is 39.5 Å². The van der Waals surface area contributed by atoms with Gasteiger partial charge in [0.1, 0.15) is 5.69 Å². The van der Waals surface area contributed by atoms with Crippen molar-refractivity contribution in [3.8, 4) is 5.75 Å². The maximum atomic E-state index is 9.95. The van der Waals surface area contributed by atoms with Gasteiger partial charge >= 0.3 is 0 Å². The van der Waals surface area contributed by atoms with E-state index in [4.69, 9.17) is 11.6 Å². The van der Waals surface area contributed by atoms with Crippen LogP contribution in [0.3, 0.4) is 0 Å². The molecule has 0 radical (unpaired) electrons. The highest BCUT2D eigenvalue weighted by Crippen LogP contribution is 2.38. The Bertz CT molecular complexity index is 844. The van der Waals surface area contributed by atoms with E-state index in [0.717, 1.165) is 16.5 Å². The molecule has 3 rings (SSSR count). The summed E-state index contributed by atoms with van der Waals surface area (Å²) in [5.74, 6) is 0.0170. The second-order valence-corrected chi connectivity index (χ2v) is 5.74. The van der Waals surface area contributed by atoms with Gasteiger partial charge in [0.15, 0.2) is 5.75 Å². The lowest BCUT2D eigenvalue weighted by atomic mass is 10.1. The van der Waals surface area contributed by atoms with Crippen LogP contribution < -0.4 is 0 Å². The van der Waals surface area contributed by atoms with Gasteiger partial charge in [0.2, 0.25) is 0 Å². The predicted octanol–water partition coefficient (Wildman–Crippen LogP) is 6.38. The number of phenolic OH excluding ortho intramolecular Hbond substituents is 1. The molecular weight excluding hydrogens is 352 g/mol. The molecule has 0 aliphatic carbocycles. The molecule has 0 saturated heterocycles. The van der Waals surface area contributed by atoms with Gasteiger partial charge in [-0.25, -0.2) is 0 Å². The molecule has 0 heterocycles. The third-order valence-corrected chi connectivity index (χ3v) is 3.86. The van der Waals surface area contributed by atoms with E-state index in [1.165, 1.54) is 0 Å². The quantitative estimate of drug-likeness (QED) is 0.529. The summed E-state index contributed by atoms with van der Waals surface area (Å²) in [4.78, 5) is 0. The van der Waals surface area contributed by atoms with Crippen molar-refractivity contribution in [1.82, 2.24) is 0 Å². The number of halogens is 2. The third kappa shape index (κ3) is 2.91. The molecule has 3 aromatic carbocycles. The molecule has 104 valence electrons. The number of aromatic hydroxyl groups is 1. The van der Waals surface area contributed by atoms with Crippen LogP contribution in [0.15, 0.2) is 69.3 Å². The lowest BCUT2D eigenvalue weighted by molar-refractivity contribution is 0.473.